The molecule has 1 aromatic carbocycles. The van der Waals surface area contributed by atoms with Crippen molar-refractivity contribution in [2.45, 2.75) is 57.4 Å². The van der Waals surface area contributed by atoms with E-state index in [0.717, 1.165) is 18.4 Å². The van der Waals surface area contributed by atoms with Crippen LogP contribution in [-0.4, -0.2) is 51.5 Å². The van der Waals surface area contributed by atoms with Crippen LogP contribution >= 0.6 is 0 Å². The number of aromatic nitrogens is 1. The van der Waals surface area contributed by atoms with Gasteiger partial charge >= 0.3 is 0 Å². The summed E-state index contributed by atoms with van der Waals surface area (Å²) in [6, 6.07) is 6.27. The number of amides is 2. The highest BCUT2D eigenvalue weighted by Gasteiger charge is 2.58. The van der Waals surface area contributed by atoms with Crippen LogP contribution in [-0.2, 0) is 9.53 Å². The SMILES string of the molecule is Cc1nc(C(=O)N2CCC3(CC2)O[C@@H]2CC[C@@H](c4cccc(F)c4)N2C3=O)c(C)o1. The molecule has 4 heterocycles. The molecule has 7 nitrogen and oxygen atoms in total. The first-order valence-electron chi connectivity index (χ1n) is 10.4. The highest BCUT2D eigenvalue weighted by Crippen LogP contribution is 2.47. The molecule has 3 fully saturated rings. The molecule has 5 rings (SSSR count). The largest absolute Gasteiger partial charge is 0.445 e. The summed E-state index contributed by atoms with van der Waals surface area (Å²) in [5.41, 5.74) is 0.229. The van der Waals surface area contributed by atoms with E-state index in [0.29, 0.717) is 43.3 Å². The molecule has 8 heteroatoms. The zero-order valence-corrected chi connectivity index (χ0v) is 17.1. The zero-order chi connectivity index (χ0) is 21.0. The van der Waals surface area contributed by atoms with Crippen LogP contribution in [0.5, 0.6) is 0 Å². The molecule has 0 bridgehead atoms. The van der Waals surface area contributed by atoms with Crippen molar-refractivity contribution in [3.8, 4) is 0 Å². The summed E-state index contributed by atoms with van der Waals surface area (Å²) >= 11 is 0. The van der Waals surface area contributed by atoms with Gasteiger partial charge < -0.3 is 19.0 Å². The van der Waals surface area contributed by atoms with E-state index < -0.39 is 5.60 Å². The van der Waals surface area contributed by atoms with Crippen LogP contribution in [0.1, 0.15) is 59.4 Å². The van der Waals surface area contributed by atoms with Crippen molar-refractivity contribution in [3.05, 3.63) is 53.0 Å². The fraction of sp³-hybridized carbons (Fsp3) is 0.500. The first-order chi connectivity index (χ1) is 14.4. The summed E-state index contributed by atoms with van der Waals surface area (Å²) in [6.45, 7) is 4.27. The molecular formula is C22H24FN3O4. The number of piperidine rings is 1. The third-order valence-electron chi connectivity index (χ3n) is 6.52. The average Bonchev–Trinajstić information content (AvgIpc) is 3.36. The van der Waals surface area contributed by atoms with E-state index >= 15 is 0 Å². The molecule has 1 spiro atoms. The van der Waals surface area contributed by atoms with E-state index in [1.54, 1.807) is 29.7 Å². The Bertz CT molecular complexity index is 1010. The normalized spacial score (nSPS) is 25.2. The lowest BCUT2D eigenvalue weighted by Gasteiger charge is -2.37. The van der Waals surface area contributed by atoms with E-state index in [9.17, 15) is 14.0 Å². The molecule has 3 aliphatic heterocycles. The monoisotopic (exact) mass is 413 g/mol. The van der Waals surface area contributed by atoms with Gasteiger partial charge in [0.25, 0.3) is 11.8 Å². The number of nitrogens with zero attached hydrogens (tertiary/aromatic N) is 3. The minimum Gasteiger partial charge on any atom is -0.445 e. The van der Waals surface area contributed by atoms with Crippen LogP contribution in [0.25, 0.3) is 0 Å². The highest BCUT2D eigenvalue weighted by molar-refractivity contribution is 5.94. The van der Waals surface area contributed by atoms with Gasteiger partial charge in [-0.25, -0.2) is 9.37 Å². The molecule has 1 aromatic heterocycles. The second kappa shape index (κ2) is 6.91. The van der Waals surface area contributed by atoms with Gasteiger partial charge in [-0.05, 0) is 37.5 Å². The first kappa shape index (κ1) is 19.2. The van der Waals surface area contributed by atoms with Crippen molar-refractivity contribution in [1.82, 2.24) is 14.8 Å². The summed E-state index contributed by atoms with van der Waals surface area (Å²) in [6.07, 6.45) is 2.08. The van der Waals surface area contributed by atoms with E-state index in [4.69, 9.17) is 9.15 Å². The van der Waals surface area contributed by atoms with Gasteiger partial charge in [-0.15, -0.1) is 0 Å². The molecule has 2 amide bonds. The predicted octanol–water partition coefficient (Wildman–Crippen LogP) is 3.13. The number of rotatable bonds is 2. The molecule has 0 N–H and O–H groups in total. The molecule has 158 valence electrons. The minimum absolute atomic E-state index is 0.0418. The average molecular weight is 413 g/mol. The standard InChI is InChI=1S/C22H24FN3O4/c1-13-19(24-14(2)29-13)20(27)25-10-8-22(9-11-25)21(28)26-17(6-7-18(26)30-22)15-4-3-5-16(23)12-15/h3-5,12,17-18H,6-11H2,1-2H3/t17-,18+/m0/s1. The van der Waals surface area contributed by atoms with Crippen LogP contribution in [0, 0.1) is 19.7 Å². The van der Waals surface area contributed by atoms with Gasteiger partial charge in [0, 0.05) is 32.9 Å². The molecule has 0 unspecified atom stereocenters. The topological polar surface area (TPSA) is 75.9 Å². The van der Waals surface area contributed by atoms with Gasteiger partial charge in [0.1, 0.15) is 17.8 Å². The zero-order valence-electron chi connectivity index (χ0n) is 17.1. The third-order valence-corrected chi connectivity index (χ3v) is 6.52. The maximum absolute atomic E-state index is 13.7. The number of ether oxygens (including phenoxy) is 1. The van der Waals surface area contributed by atoms with Gasteiger partial charge in [0.15, 0.2) is 17.2 Å². The Hall–Kier alpha value is -2.74. The maximum Gasteiger partial charge on any atom is 0.276 e. The van der Waals surface area contributed by atoms with Crippen LogP contribution in [0.2, 0.25) is 0 Å². The fourth-order valence-electron chi connectivity index (χ4n) is 5.03. The lowest BCUT2D eigenvalue weighted by atomic mass is 9.89. The maximum atomic E-state index is 13.7. The Morgan fingerprint density at radius 2 is 2.00 bits per heavy atom. The number of carbonyl (C=O) groups is 2. The second-order valence-corrected chi connectivity index (χ2v) is 8.36. The van der Waals surface area contributed by atoms with Crippen LogP contribution < -0.4 is 0 Å². The molecule has 0 aliphatic carbocycles. The number of fused-ring (bicyclic) bond motifs is 1. The molecule has 2 aromatic rings. The number of aryl methyl sites for hydroxylation is 2. The lowest BCUT2D eigenvalue weighted by Crippen LogP contribution is -2.51. The smallest absolute Gasteiger partial charge is 0.276 e. The van der Waals surface area contributed by atoms with Crippen LogP contribution in [0.15, 0.2) is 28.7 Å². The number of oxazole rings is 1. The number of hydrogen-bond donors (Lipinski definition) is 0. The quantitative estimate of drug-likeness (QED) is 0.756. The van der Waals surface area contributed by atoms with Crippen molar-refractivity contribution in [3.63, 3.8) is 0 Å². The van der Waals surface area contributed by atoms with E-state index in [-0.39, 0.29) is 29.9 Å². The molecule has 30 heavy (non-hydrogen) atoms. The second-order valence-electron chi connectivity index (χ2n) is 8.36. The highest BCUT2D eigenvalue weighted by atomic mass is 19.1. The van der Waals surface area contributed by atoms with Gasteiger partial charge in [0.2, 0.25) is 0 Å². The summed E-state index contributed by atoms with van der Waals surface area (Å²) in [5.74, 6) is 0.443. The van der Waals surface area contributed by atoms with Gasteiger partial charge in [-0.2, -0.15) is 0 Å². The molecule has 0 radical (unpaired) electrons. The molecule has 0 saturated carbocycles. The number of halogens is 1. The van der Waals surface area contributed by atoms with Crippen molar-refractivity contribution >= 4 is 11.8 Å². The summed E-state index contributed by atoms with van der Waals surface area (Å²) in [4.78, 5) is 33.9. The van der Waals surface area contributed by atoms with Crippen molar-refractivity contribution in [1.29, 1.82) is 0 Å². The summed E-state index contributed by atoms with van der Waals surface area (Å²) in [5, 5.41) is 0. The van der Waals surface area contributed by atoms with Crippen LogP contribution in [0.3, 0.4) is 0 Å². The van der Waals surface area contributed by atoms with Crippen molar-refractivity contribution in [2.75, 3.05) is 13.1 Å². The summed E-state index contributed by atoms with van der Waals surface area (Å²) < 4.78 is 25.4. The van der Waals surface area contributed by atoms with Gasteiger partial charge in [-0.1, -0.05) is 12.1 Å². The Balaban J connectivity index is 1.31. The molecular weight excluding hydrogens is 389 g/mol. The first-order valence-corrected chi connectivity index (χ1v) is 10.4. The van der Waals surface area contributed by atoms with Crippen molar-refractivity contribution in [2.24, 2.45) is 0 Å². The predicted molar refractivity (Wildman–Crippen MR) is 104 cm³/mol. The van der Waals surface area contributed by atoms with Crippen LogP contribution in [0.4, 0.5) is 4.39 Å². The van der Waals surface area contributed by atoms with E-state index in [1.807, 2.05) is 6.07 Å². The Kier molecular flexibility index (Phi) is 4.43. The van der Waals surface area contributed by atoms with Crippen molar-refractivity contribution < 1.29 is 23.1 Å². The Labute approximate surface area is 173 Å². The lowest BCUT2D eigenvalue weighted by molar-refractivity contribution is -0.142. The number of carbonyl (C=O) groups excluding carboxylic acids is 2. The molecule has 2 atom stereocenters. The van der Waals surface area contributed by atoms with E-state index in [2.05, 4.69) is 4.98 Å². The minimum atomic E-state index is -0.901. The number of benzene rings is 1. The third kappa shape index (κ3) is 2.93. The van der Waals surface area contributed by atoms with E-state index in [1.165, 1.54) is 12.1 Å². The number of hydrogen-bond acceptors (Lipinski definition) is 5. The van der Waals surface area contributed by atoms with Gasteiger partial charge in [0.05, 0.1) is 6.04 Å². The van der Waals surface area contributed by atoms with Gasteiger partial charge in [-0.3, -0.25) is 9.59 Å². The Morgan fingerprint density at radius 3 is 2.67 bits per heavy atom. The Morgan fingerprint density at radius 1 is 1.23 bits per heavy atom. The molecule has 3 saturated heterocycles. The molecule has 3 aliphatic rings. The summed E-state index contributed by atoms with van der Waals surface area (Å²) in [7, 11) is 0. The number of likely N-dealkylation sites (tertiary alicyclic amines) is 1. The fourth-order valence-corrected chi connectivity index (χ4v) is 5.03.